The van der Waals surface area contributed by atoms with E-state index in [0.29, 0.717) is 11.1 Å². The zero-order valence-electron chi connectivity index (χ0n) is 13.1. The van der Waals surface area contributed by atoms with Crippen molar-refractivity contribution < 1.29 is 19.4 Å². The largest absolute Gasteiger partial charge is 0.462 e. The molecule has 130 valence electrons. The van der Waals surface area contributed by atoms with Gasteiger partial charge in [-0.05, 0) is 24.6 Å². The van der Waals surface area contributed by atoms with E-state index in [0.717, 1.165) is 0 Å². The highest BCUT2D eigenvalue weighted by atomic mass is 35.5. The van der Waals surface area contributed by atoms with Gasteiger partial charge in [-0.15, -0.1) is 0 Å². The van der Waals surface area contributed by atoms with Gasteiger partial charge in [0.05, 0.1) is 18.8 Å². The predicted octanol–water partition coefficient (Wildman–Crippen LogP) is 2.61. The first-order valence-corrected chi connectivity index (χ1v) is 8.16. The molecule has 0 bridgehead atoms. The lowest BCUT2D eigenvalue weighted by Gasteiger charge is -2.21. The van der Waals surface area contributed by atoms with E-state index in [4.69, 9.17) is 27.9 Å². The molecule has 1 N–H and O–H groups in total. The van der Waals surface area contributed by atoms with E-state index in [1.165, 1.54) is 4.90 Å². The Hall–Kier alpha value is -2.22. The summed E-state index contributed by atoms with van der Waals surface area (Å²) in [6.45, 7) is 1.60. The van der Waals surface area contributed by atoms with Crippen LogP contribution in [-0.2, 0) is 11.3 Å². The summed E-state index contributed by atoms with van der Waals surface area (Å²) in [5.41, 5.74) is 0.892. The van der Waals surface area contributed by atoms with Crippen molar-refractivity contribution in [2.45, 2.75) is 19.7 Å². The third-order valence-electron chi connectivity index (χ3n) is 3.74. The van der Waals surface area contributed by atoms with Gasteiger partial charge in [0.1, 0.15) is 10.7 Å². The van der Waals surface area contributed by atoms with E-state index >= 15 is 0 Å². The number of esters is 1. The highest BCUT2D eigenvalue weighted by Gasteiger charge is 2.36. The molecule has 1 aliphatic rings. The SMILES string of the molecule is CCOC(=O)c1c(Cl)nc(Cl)nc1CN1C(=O)c2ccccc2C1O. The molecule has 25 heavy (non-hydrogen) atoms. The second kappa shape index (κ2) is 6.95. The van der Waals surface area contributed by atoms with E-state index in [-0.39, 0.29) is 40.8 Å². The fraction of sp³-hybridized carbons (Fsp3) is 0.250. The van der Waals surface area contributed by atoms with Crippen LogP contribution in [0.25, 0.3) is 0 Å². The molecule has 2 aromatic rings. The van der Waals surface area contributed by atoms with Crippen LogP contribution < -0.4 is 0 Å². The third kappa shape index (κ3) is 3.18. The van der Waals surface area contributed by atoms with Gasteiger partial charge in [0, 0.05) is 11.1 Å². The average molecular weight is 382 g/mol. The van der Waals surface area contributed by atoms with Crippen molar-refractivity contribution in [3.05, 3.63) is 57.1 Å². The van der Waals surface area contributed by atoms with E-state index in [1.54, 1.807) is 31.2 Å². The number of aliphatic hydroxyl groups excluding tert-OH is 1. The summed E-state index contributed by atoms with van der Waals surface area (Å²) < 4.78 is 4.96. The number of carbonyl (C=O) groups is 2. The lowest BCUT2D eigenvalue weighted by Crippen LogP contribution is -2.29. The third-order valence-corrected chi connectivity index (χ3v) is 4.18. The Morgan fingerprint density at radius 1 is 1.32 bits per heavy atom. The van der Waals surface area contributed by atoms with Gasteiger partial charge >= 0.3 is 5.97 Å². The normalized spacial score (nSPS) is 16.1. The summed E-state index contributed by atoms with van der Waals surface area (Å²) in [6.07, 6.45) is -1.16. The Balaban J connectivity index is 1.99. The lowest BCUT2D eigenvalue weighted by molar-refractivity contribution is 0.0127. The molecule has 2 heterocycles. The van der Waals surface area contributed by atoms with Crippen LogP contribution in [0.1, 0.15) is 45.1 Å². The van der Waals surface area contributed by atoms with Crippen molar-refractivity contribution >= 4 is 35.1 Å². The molecule has 1 unspecified atom stereocenters. The Kier molecular flexibility index (Phi) is 4.89. The van der Waals surface area contributed by atoms with Gasteiger partial charge in [-0.3, -0.25) is 4.79 Å². The Labute approximate surface area is 153 Å². The number of nitrogens with zero attached hydrogens (tertiary/aromatic N) is 3. The smallest absolute Gasteiger partial charge is 0.343 e. The number of rotatable bonds is 4. The number of aliphatic hydroxyl groups is 1. The summed E-state index contributed by atoms with van der Waals surface area (Å²) in [5.74, 6) is -1.11. The maximum absolute atomic E-state index is 12.5. The zero-order valence-corrected chi connectivity index (χ0v) is 14.6. The van der Waals surface area contributed by atoms with Gasteiger partial charge in [0.2, 0.25) is 5.28 Å². The predicted molar refractivity (Wildman–Crippen MR) is 89.3 cm³/mol. The maximum Gasteiger partial charge on any atom is 0.343 e. The van der Waals surface area contributed by atoms with Crippen molar-refractivity contribution in [3.8, 4) is 0 Å². The summed E-state index contributed by atoms with van der Waals surface area (Å²) in [6, 6.07) is 6.70. The molecular weight excluding hydrogens is 369 g/mol. The van der Waals surface area contributed by atoms with Crippen LogP contribution in [0.15, 0.2) is 24.3 Å². The fourth-order valence-electron chi connectivity index (χ4n) is 2.64. The number of carbonyl (C=O) groups excluding carboxylic acids is 2. The first kappa shape index (κ1) is 17.6. The molecule has 7 nitrogen and oxygen atoms in total. The van der Waals surface area contributed by atoms with E-state index in [1.807, 2.05) is 0 Å². The number of fused-ring (bicyclic) bond motifs is 1. The number of halogens is 2. The molecule has 0 saturated carbocycles. The van der Waals surface area contributed by atoms with Crippen LogP contribution in [0.5, 0.6) is 0 Å². The highest BCUT2D eigenvalue weighted by molar-refractivity contribution is 6.34. The molecule has 1 atom stereocenters. The summed E-state index contributed by atoms with van der Waals surface area (Å²) in [4.78, 5) is 33.6. The molecule has 0 saturated heterocycles. The van der Waals surface area contributed by atoms with Crippen molar-refractivity contribution in [1.29, 1.82) is 0 Å². The Morgan fingerprint density at radius 3 is 2.72 bits per heavy atom. The van der Waals surface area contributed by atoms with Gasteiger partial charge in [0.15, 0.2) is 6.23 Å². The first-order chi connectivity index (χ1) is 11.9. The fourth-order valence-corrected chi connectivity index (χ4v) is 3.13. The molecule has 1 amide bonds. The van der Waals surface area contributed by atoms with Crippen LogP contribution in [0.4, 0.5) is 0 Å². The maximum atomic E-state index is 12.5. The first-order valence-electron chi connectivity index (χ1n) is 7.41. The molecule has 1 aromatic carbocycles. The number of aromatic nitrogens is 2. The van der Waals surface area contributed by atoms with Crippen molar-refractivity contribution in [1.82, 2.24) is 14.9 Å². The van der Waals surface area contributed by atoms with Gasteiger partial charge in [-0.2, -0.15) is 0 Å². The number of amides is 1. The second-order valence-electron chi connectivity index (χ2n) is 5.22. The van der Waals surface area contributed by atoms with Crippen LogP contribution >= 0.6 is 23.2 Å². The number of ether oxygens (including phenoxy) is 1. The van der Waals surface area contributed by atoms with Gasteiger partial charge in [0.25, 0.3) is 5.91 Å². The number of benzene rings is 1. The lowest BCUT2D eigenvalue weighted by atomic mass is 10.1. The number of hydrogen-bond donors (Lipinski definition) is 1. The average Bonchev–Trinajstić information content (AvgIpc) is 2.80. The van der Waals surface area contributed by atoms with E-state index in [9.17, 15) is 14.7 Å². The van der Waals surface area contributed by atoms with Gasteiger partial charge in [-0.25, -0.2) is 14.8 Å². The molecule has 0 aliphatic carbocycles. The summed E-state index contributed by atoms with van der Waals surface area (Å²) >= 11 is 11.8. The van der Waals surface area contributed by atoms with Gasteiger partial charge in [-0.1, -0.05) is 29.8 Å². The topological polar surface area (TPSA) is 92.6 Å². The summed E-state index contributed by atoms with van der Waals surface area (Å²) in [7, 11) is 0. The van der Waals surface area contributed by atoms with Crippen LogP contribution in [0.2, 0.25) is 10.4 Å². The minimum Gasteiger partial charge on any atom is -0.462 e. The molecule has 9 heteroatoms. The van der Waals surface area contributed by atoms with Crippen LogP contribution in [0.3, 0.4) is 0 Å². The van der Waals surface area contributed by atoms with Crippen molar-refractivity contribution in [2.24, 2.45) is 0 Å². The minimum atomic E-state index is -1.16. The van der Waals surface area contributed by atoms with E-state index in [2.05, 4.69) is 9.97 Å². The highest BCUT2D eigenvalue weighted by Crippen LogP contribution is 2.33. The molecule has 1 aliphatic heterocycles. The van der Waals surface area contributed by atoms with Crippen LogP contribution in [0, 0.1) is 0 Å². The standard InChI is InChI=1S/C16H13Cl2N3O4/c1-2-25-15(24)11-10(19-16(18)20-12(11)17)7-21-13(22)8-5-3-4-6-9(8)14(21)23/h3-6,13,22H,2,7H2,1H3. The van der Waals surface area contributed by atoms with E-state index < -0.39 is 12.2 Å². The van der Waals surface area contributed by atoms with Crippen molar-refractivity contribution in [3.63, 3.8) is 0 Å². The number of hydrogen-bond acceptors (Lipinski definition) is 6. The minimum absolute atomic E-state index is 0.0797. The van der Waals surface area contributed by atoms with Crippen LogP contribution in [-0.4, -0.2) is 38.5 Å². The molecule has 0 spiro atoms. The monoisotopic (exact) mass is 381 g/mol. The zero-order chi connectivity index (χ0) is 18.1. The Morgan fingerprint density at radius 2 is 2.04 bits per heavy atom. The van der Waals surface area contributed by atoms with Gasteiger partial charge < -0.3 is 14.7 Å². The molecule has 1 aromatic heterocycles. The summed E-state index contributed by atoms with van der Waals surface area (Å²) in [5, 5.41) is 10.1. The quantitative estimate of drug-likeness (QED) is 0.497. The second-order valence-corrected chi connectivity index (χ2v) is 5.92. The molecule has 3 rings (SSSR count). The molecular formula is C16H13Cl2N3O4. The molecule has 0 fully saturated rings. The van der Waals surface area contributed by atoms with Crippen molar-refractivity contribution in [2.75, 3.05) is 6.61 Å². The molecule has 0 radical (unpaired) electrons. The Bertz CT molecular complexity index is 859.